The minimum atomic E-state index is -0.452. The average Bonchev–Trinajstić information content (AvgIpc) is 2.39. The maximum Gasteiger partial charge on any atom is 0.255 e. The lowest BCUT2D eigenvalue weighted by Gasteiger charge is -2.37. The van der Waals surface area contributed by atoms with Crippen LogP contribution in [0.25, 0.3) is 0 Å². The van der Waals surface area contributed by atoms with Gasteiger partial charge in [-0.2, -0.15) is 0 Å². The highest BCUT2D eigenvalue weighted by atomic mass is 16.2. The molecule has 3 nitrogen and oxygen atoms in total. The molecular formula is C16H16N2O. The number of rotatable bonds is 2. The summed E-state index contributed by atoms with van der Waals surface area (Å²) >= 11 is 0. The number of fused-ring (bicyclic) bond motifs is 1. The topological polar surface area (TPSA) is 41.1 Å². The van der Waals surface area contributed by atoms with Crippen molar-refractivity contribution in [3.05, 3.63) is 65.7 Å². The first-order chi connectivity index (χ1) is 9.16. The largest absolute Gasteiger partial charge is 0.362 e. The van der Waals surface area contributed by atoms with E-state index in [1.165, 1.54) is 5.56 Å². The van der Waals surface area contributed by atoms with Gasteiger partial charge in [0.2, 0.25) is 0 Å². The van der Waals surface area contributed by atoms with E-state index in [1.807, 2.05) is 49.4 Å². The van der Waals surface area contributed by atoms with Gasteiger partial charge in [0, 0.05) is 12.1 Å². The fraction of sp³-hybridized carbons (Fsp3) is 0.188. The summed E-state index contributed by atoms with van der Waals surface area (Å²) in [5.41, 5.74) is 2.34. The van der Waals surface area contributed by atoms with Gasteiger partial charge in [-0.25, -0.2) is 0 Å². The molecule has 1 heterocycles. The molecule has 0 aliphatic carbocycles. The van der Waals surface area contributed by atoms with E-state index in [2.05, 4.69) is 22.8 Å². The predicted octanol–water partition coefficient (Wildman–Crippen LogP) is 2.80. The second kappa shape index (κ2) is 4.43. The van der Waals surface area contributed by atoms with E-state index < -0.39 is 5.66 Å². The van der Waals surface area contributed by atoms with Crippen molar-refractivity contribution in [3.63, 3.8) is 0 Å². The summed E-state index contributed by atoms with van der Waals surface area (Å²) in [6, 6.07) is 17.7. The Balaban J connectivity index is 1.89. The van der Waals surface area contributed by atoms with Gasteiger partial charge in [-0.1, -0.05) is 42.5 Å². The Hall–Kier alpha value is -2.29. The van der Waals surface area contributed by atoms with Crippen LogP contribution in [0.1, 0.15) is 22.8 Å². The SMILES string of the molecule is C[C@]1(Cc2ccccc2)NC(=O)c2ccccc2N1. The summed E-state index contributed by atoms with van der Waals surface area (Å²) in [5.74, 6) is -0.0206. The minimum Gasteiger partial charge on any atom is -0.362 e. The second-order valence-corrected chi connectivity index (χ2v) is 5.12. The van der Waals surface area contributed by atoms with Crippen molar-refractivity contribution < 1.29 is 4.79 Å². The molecule has 2 aromatic rings. The van der Waals surface area contributed by atoms with Gasteiger partial charge in [0.25, 0.3) is 5.91 Å². The van der Waals surface area contributed by atoms with Gasteiger partial charge in [-0.3, -0.25) is 4.79 Å². The van der Waals surface area contributed by atoms with Crippen molar-refractivity contribution in [2.45, 2.75) is 19.0 Å². The molecule has 1 aliphatic rings. The maximum absolute atomic E-state index is 12.1. The molecule has 0 bridgehead atoms. The van der Waals surface area contributed by atoms with E-state index in [4.69, 9.17) is 0 Å². The summed E-state index contributed by atoms with van der Waals surface area (Å²) in [6.45, 7) is 2.01. The highest BCUT2D eigenvalue weighted by molar-refractivity contribution is 6.02. The van der Waals surface area contributed by atoms with Crippen LogP contribution in [0.15, 0.2) is 54.6 Å². The Bertz CT molecular complexity index is 609. The lowest BCUT2D eigenvalue weighted by molar-refractivity contribution is 0.0907. The molecule has 0 radical (unpaired) electrons. The van der Waals surface area contributed by atoms with Crippen LogP contribution in [0.2, 0.25) is 0 Å². The van der Waals surface area contributed by atoms with E-state index in [0.29, 0.717) is 5.56 Å². The fourth-order valence-electron chi connectivity index (χ4n) is 2.53. The molecule has 3 heteroatoms. The van der Waals surface area contributed by atoms with Gasteiger partial charge in [0.05, 0.1) is 5.56 Å². The zero-order valence-electron chi connectivity index (χ0n) is 10.8. The third kappa shape index (κ3) is 2.32. The average molecular weight is 252 g/mol. The van der Waals surface area contributed by atoms with Crippen LogP contribution in [0.3, 0.4) is 0 Å². The highest BCUT2D eigenvalue weighted by Gasteiger charge is 2.32. The maximum atomic E-state index is 12.1. The molecule has 19 heavy (non-hydrogen) atoms. The zero-order chi connectivity index (χ0) is 13.3. The standard InChI is InChI=1S/C16H16N2O/c1-16(11-12-7-3-2-4-8-12)17-14-10-6-5-9-13(14)15(19)18-16/h2-10,17H,11H2,1H3,(H,18,19)/t16-/m1/s1. The number of amides is 1. The first-order valence-electron chi connectivity index (χ1n) is 6.40. The lowest BCUT2D eigenvalue weighted by atomic mass is 9.96. The van der Waals surface area contributed by atoms with Crippen molar-refractivity contribution >= 4 is 11.6 Å². The zero-order valence-corrected chi connectivity index (χ0v) is 10.8. The second-order valence-electron chi connectivity index (χ2n) is 5.12. The summed E-state index contributed by atoms with van der Waals surface area (Å²) in [5, 5.41) is 6.47. The quantitative estimate of drug-likeness (QED) is 0.863. The molecule has 1 amide bonds. The molecule has 3 rings (SSSR count). The number of hydrogen-bond donors (Lipinski definition) is 2. The van der Waals surface area contributed by atoms with Crippen molar-refractivity contribution in [2.75, 3.05) is 5.32 Å². The molecular weight excluding hydrogens is 236 g/mol. The molecule has 0 fully saturated rings. The van der Waals surface area contributed by atoms with Gasteiger partial charge in [0.1, 0.15) is 5.66 Å². The van der Waals surface area contributed by atoms with Crippen LogP contribution in [-0.4, -0.2) is 11.6 Å². The van der Waals surface area contributed by atoms with Crippen molar-refractivity contribution in [1.82, 2.24) is 5.32 Å². The molecule has 0 aromatic heterocycles. The van der Waals surface area contributed by atoms with Gasteiger partial charge >= 0.3 is 0 Å². The van der Waals surface area contributed by atoms with E-state index in [9.17, 15) is 4.79 Å². The third-order valence-electron chi connectivity index (χ3n) is 3.37. The Labute approximate surface area is 112 Å². The molecule has 0 saturated heterocycles. The molecule has 1 aliphatic heterocycles. The molecule has 0 unspecified atom stereocenters. The van der Waals surface area contributed by atoms with Crippen molar-refractivity contribution in [1.29, 1.82) is 0 Å². The molecule has 0 saturated carbocycles. The smallest absolute Gasteiger partial charge is 0.255 e. The van der Waals surface area contributed by atoms with E-state index in [-0.39, 0.29) is 5.91 Å². The predicted molar refractivity (Wildman–Crippen MR) is 76.1 cm³/mol. The van der Waals surface area contributed by atoms with Gasteiger partial charge < -0.3 is 10.6 Å². The van der Waals surface area contributed by atoms with E-state index in [1.54, 1.807) is 0 Å². The monoisotopic (exact) mass is 252 g/mol. The molecule has 1 atom stereocenters. The van der Waals surface area contributed by atoms with Crippen LogP contribution >= 0.6 is 0 Å². The van der Waals surface area contributed by atoms with Crippen LogP contribution < -0.4 is 10.6 Å². The number of hydrogen-bond acceptors (Lipinski definition) is 2. The fourth-order valence-corrected chi connectivity index (χ4v) is 2.53. The number of nitrogens with one attached hydrogen (secondary N) is 2. The number of para-hydroxylation sites is 1. The van der Waals surface area contributed by atoms with Crippen molar-refractivity contribution in [3.8, 4) is 0 Å². The number of carbonyl (C=O) groups is 1. The van der Waals surface area contributed by atoms with Crippen molar-refractivity contribution in [2.24, 2.45) is 0 Å². The Morgan fingerprint density at radius 3 is 2.42 bits per heavy atom. The van der Waals surface area contributed by atoms with Gasteiger partial charge in [-0.05, 0) is 24.6 Å². The van der Waals surface area contributed by atoms with Crippen LogP contribution in [0.4, 0.5) is 5.69 Å². The summed E-state index contributed by atoms with van der Waals surface area (Å²) in [7, 11) is 0. The normalized spacial score (nSPS) is 21.2. The molecule has 2 aromatic carbocycles. The van der Waals surface area contributed by atoms with E-state index in [0.717, 1.165) is 12.1 Å². The first-order valence-corrected chi connectivity index (χ1v) is 6.40. The Kier molecular flexibility index (Phi) is 2.75. The minimum absolute atomic E-state index is 0.0206. The molecule has 96 valence electrons. The Morgan fingerprint density at radius 1 is 0.947 bits per heavy atom. The summed E-state index contributed by atoms with van der Waals surface area (Å²) < 4.78 is 0. The number of carbonyl (C=O) groups excluding carboxylic acids is 1. The van der Waals surface area contributed by atoms with E-state index >= 15 is 0 Å². The lowest BCUT2D eigenvalue weighted by Crippen LogP contribution is -2.56. The van der Waals surface area contributed by atoms with Gasteiger partial charge in [-0.15, -0.1) is 0 Å². The number of anilines is 1. The summed E-state index contributed by atoms with van der Waals surface area (Å²) in [6.07, 6.45) is 0.744. The molecule has 2 N–H and O–H groups in total. The van der Waals surface area contributed by atoms with Crippen LogP contribution in [-0.2, 0) is 6.42 Å². The van der Waals surface area contributed by atoms with Crippen LogP contribution in [0, 0.1) is 0 Å². The third-order valence-corrected chi connectivity index (χ3v) is 3.37. The molecule has 0 spiro atoms. The number of benzene rings is 2. The van der Waals surface area contributed by atoms with Gasteiger partial charge in [0.15, 0.2) is 0 Å². The summed E-state index contributed by atoms with van der Waals surface area (Å²) in [4.78, 5) is 12.1. The first kappa shape index (κ1) is 11.8. The Morgan fingerprint density at radius 2 is 1.63 bits per heavy atom. The van der Waals surface area contributed by atoms with Crippen LogP contribution in [0.5, 0.6) is 0 Å². The highest BCUT2D eigenvalue weighted by Crippen LogP contribution is 2.26.